The van der Waals surface area contributed by atoms with Crippen LogP contribution < -0.4 is 4.74 Å². The molecule has 0 unspecified atom stereocenters. The maximum Gasteiger partial charge on any atom is 0.205 e. The molecule has 0 saturated carbocycles. The number of para-hydroxylation sites is 1. The third-order valence-electron chi connectivity index (χ3n) is 7.75. The fourth-order valence-electron chi connectivity index (χ4n) is 5.56. The van der Waals surface area contributed by atoms with Gasteiger partial charge in [0.2, 0.25) is 12.1 Å². The molecule has 224 valence electrons. The zero-order valence-electron chi connectivity index (χ0n) is 25.3. The van der Waals surface area contributed by atoms with Crippen molar-refractivity contribution in [1.29, 1.82) is 0 Å². The number of ether oxygens (including phenoxy) is 3. The van der Waals surface area contributed by atoms with Gasteiger partial charge < -0.3 is 18.8 Å². The topological polar surface area (TPSA) is 113 Å². The van der Waals surface area contributed by atoms with Crippen LogP contribution in [0.4, 0.5) is 0 Å². The van der Waals surface area contributed by atoms with Crippen molar-refractivity contribution in [2.24, 2.45) is 0 Å². The summed E-state index contributed by atoms with van der Waals surface area (Å²) in [5, 5.41) is 14.6. The van der Waals surface area contributed by atoms with E-state index in [1.54, 1.807) is 21.3 Å². The number of H-pyrrole nitrogens is 1. The average molecular weight is 590 g/mol. The second-order valence-electron chi connectivity index (χ2n) is 10.5. The van der Waals surface area contributed by atoms with Crippen LogP contribution in [0.1, 0.15) is 43.1 Å². The number of rotatable bonds is 12. The number of aromatic nitrogens is 7. The molecule has 0 spiro atoms. The molecular formula is C34H35N7O3. The Labute approximate surface area is 256 Å². The SMILES string of the molecule is CCCCc1nc2cc(-c3ccccc3OC)c(C(OC)OC)nc2n1Cc1ccc(-c2ccccc2-c2nn[nH]n2)cc1. The highest BCUT2D eigenvalue weighted by molar-refractivity contribution is 5.83. The molecule has 0 aliphatic heterocycles. The molecule has 44 heavy (non-hydrogen) atoms. The molecule has 0 saturated heterocycles. The van der Waals surface area contributed by atoms with Gasteiger partial charge in [0.05, 0.1) is 13.7 Å². The molecule has 0 radical (unpaired) electrons. The maximum absolute atomic E-state index is 5.72. The van der Waals surface area contributed by atoms with Crippen LogP contribution in [0.3, 0.4) is 0 Å². The van der Waals surface area contributed by atoms with Crippen LogP contribution in [-0.2, 0) is 22.4 Å². The number of nitrogens with zero attached hydrogens (tertiary/aromatic N) is 6. The summed E-state index contributed by atoms with van der Waals surface area (Å²) in [5.41, 5.74) is 8.20. The number of aryl methyl sites for hydroxylation is 1. The molecule has 0 aliphatic carbocycles. The monoisotopic (exact) mass is 589 g/mol. The van der Waals surface area contributed by atoms with Crippen molar-refractivity contribution in [2.75, 3.05) is 21.3 Å². The van der Waals surface area contributed by atoms with Crippen LogP contribution in [0.15, 0.2) is 78.9 Å². The summed E-state index contributed by atoms with van der Waals surface area (Å²) < 4.78 is 19.4. The molecule has 0 bridgehead atoms. The van der Waals surface area contributed by atoms with E-state index in [0.29, 0.717) is 18.1 Å². The van der Waals surface area contributed by atoms with Gasteiger partial charge in [-0.2, -0.15) is 5.21 Å². The third-order valence-corrected chi connectivity index (χ3v) is 7.75. The van der Waals surface area contributed by atoms with E-state index in [1.165, 1.54) is 0 Å². The summed E-state index contributed by atoms with van der Waals surface area (Å²) in [7, 11) is 4.91. The van der Waals surface area contributed by atoms with E-state index in [2.05, 4.69) is 68.5 Å². The zero-order chi connectivity index (χ0) is 30.5. The Morgan fingerprint density at radius 3 is 2.23 bits per heavy atom. The second kappa shape index (κ2) is 13.2. The van der Waals surface area contributed by atoms with E-state index in [-0.39, 0.29) is 0 Å². The Kier molecular flexibility index (Phi) is 8.71. The fraction of sp³-hybridized carbons (Fsp3) is 0.265. The Morgan fingerprint density at radius 1 is 0.818 bits per heavy atom. The van der Waals surface area contributed by atoms with Gasteiger partial charge >= 0.3 is 0 Å². The number of methoxy groups -OCH3 is 3. The number of unbranched alkanes of at least 4 members (excludes halogenated alkanes) is 1. The van der Waals surface area contributed by atoms with Gasteiger partial charge in [0.25, 0.3) is 0 Å². The second-order valence-corrected chi connectivity index (χ2v) is 10.5. The van der Waals surface area contributed by atoms with Gasteiger partial charge in [0, 0.05) is 37.3 Å². The third kappa shape index (κ3) is 5.69. The summed E-state index contributed by atoms with van der Waals surface area (Å²) in [6.07, 6.45) is 2.28. The van der Waals surface area contributed by atoms with E-state index in [1.807, 2.05) is 42.5 Å². The number of imidazole rings is 1. The number of aromatic amines is 1. The van der Waals surface area contributed by atoms with Gasteiger partial charge in [0.15, 0.2) is 5.65 Å². The minimum atomic E-state index is -0.666. The first-order chi connectivity index (χ1) is 21.6. The molecular weight excluding hydrogens is 554 g/mol. The van der Waals surface area contributed by atoms with Crippen molar-refractivity contribution in [3.05, 3.63) is 95.9 Å². The summed E-state index contributed by atoms with van der Waals surface area (Å²) in [6.45, 7) is 2.81. The Morgan fingerprint density at radius 2 is 1.55 bits per heavy atom. The number of nitrogens with one attached hydrogen (secondary N) is 1. The molecule has 0 atom stereocenters. The van der Waals surface area contributed by atoms with Crippen LogP contribution in [0.5, 0.6) is 5.75 Å². The van der Waals surface area contributed by atoms with E-state index in [0.717, 1.165) is 75.4 Å². The number of pyridine rings is 1. The highest BCUT2D eigenvalue weighted by Crippen LogP contribution is 2.37. The smallest absolute Gasteiger partial charge is 0.205 e. The van der Waals surface area contributed by atoms with E-state index < -0.39 is 6.29 Å². The first-order valence-corrected chi connectivity index (χ1v) is 14.7. The molecule has 6 rings (SSSR count). The summed E-state index contributed by atoms with van der Waals surface area (Å²) >= 11 is 0. The quantitative estimate of drug-likeness (QED) is 0.158. The number of tetrazole rings is 1. The lowest BCUT2D eigenvalue weighted by Crippen LogP contribution is -2.11. The van der Waals surface area contributed by atoms with Crippen LogP contribution in [0, 0.1) is 0 Å². The van der Waals surface area contributed by atoms with Crippen LogP contribution >= 0.6 is 0 Å². The lowest BCUT2D eigenvalue weighted by Gasteiger charge is -2.19. The fourth-order valence-corrected chi connectivity index (χ4v) is 5.56. The summed E-state index contributed by atoms with van der Waals surface area (Å²) in [5.74, 6) is 2.30. The Hall–Kier alpha value is -4.93. The van der Waals surface area contributed by atoms with Crippen molar-refractivity contribution < 1.29 is 14.2 Å². The van der Waals surface area contributed by atoms with Gasteiger partial charge in [0.1, 0.15) is 22.8 Å². The van der Waals surface area contributed by atoms with Crippen molar-refractivity contribution in [3.8, 4) is 39.4 Å². The lowest BCUT2D eigenvalue weighted by atomic mass is 9.98. The number of benzene rings is 3. The molecule has 3 aromatic carbocycles. The highest BCUT2D eigenvalue weighted by Gasteiger charge is 2.24. The summed E-state index contributed by atoms with van der Waals surface area (Å²) in [6, 6.07) is 26.6. The molecule has 3 aromatic heterocycles. The molecule has 0 fully saturated rings. The van der Waals surface area contributed by atoms with E-state index in [9.17, 15) is 0 Å². The first kappa shape index (κ1) is 29.2. The minimum Gasteiger partial charge on any atom is -0.496 e. The van der Waals surface area contributed by atoms with Gasteiger partial charge in [-0.15, -0.1) is 10.2 Å². The van der Waals surface area contributed by atoms with E-state index >= 15 is 0 Å². The first-order valence-electron chi connectivity index (χ1n) is 14.7. The number of hydrogen-bond acceptors (Lipinski definition) is 8. The van der Waals surface area contributed by atoms with Crippen LogP contribution in [0.25, 0.3) is 44.8 Å². The van der Waals surface area contributed by atoms with Crippen LogP contribution in [0.2, 0.25) is 0 Å². The highest BCUT2D eigenvalue weighted by atomic mass is 16.7. The number of hydrogen-bond donors (Lipinski definition) is 1. The Balaban J connectivity index is 1.43. The van der Waals surface area contributed by atoms with Gasteiger partial charge in [-0.3, -0.25) is 0 Å². The standard InChI is InChI=1S/C34H35N7O3/c1-5-6-15-30-35-28-20-27(25-12-9-10-14-29(25)42-2)31(34(43-3)44-4)36-33(28)41(30)21-22-16-18-23(19-17-22)24-11-7-8-13-26(24)32-37-39-40-38-32/h7-14,16-20,34H,5-6,15,21H2,1-4H3,(H,37,38,39,40). The van der Waals surface area contributed by atoms with Crippen LogP contribution in [-0.4, -0.2) is 56.5 Å². The molecule has 3 heterocycles. The van der Waals surface area contributed by atoms with Crippen molar-refractivity contribution in [3.63, 3.8) is 0 Å². The molecule has 0 aliphatic rings. The van der Waals surface area contributed by atoms with Crippen molar-refractivity contribution in [2.45, 2.75) is 39.0 Å². The van der Waals surface area contributed by atoms with Crippen molar-refractivity contribution in [1.82, 2.24) is 35.2 Å². The van der Waals surface area contributed by atoms with Crippen molar-refractivity contribution >= 4 is 11.2 Å². The minimum absolute atomic E-state index is 0.565. The predicted molar refractivity (Wildman–Crippen MR) is 169 cm³/mol. The summed E-state index contributed by atoms with van der Waals surface area (Å²) in [4.78, 5) is 10.3. The molecule has 10 nitrogen and oxygen atoms in total. The normalized spacial score (nSPS) is 11.5. The number of fused-ring (bicyclic) bond motifs is 1. The van der Waals surface area contributed by atoms with Gasteiger partial charge in [-0.1, -0.05) is 80.1 Å². The average Bonchev–Trinajstić information content (AvgIpc) is 3.73. The van der Waals surface area contributed by atoms with Gasteiger partial charge in [-0.25, -0.2) is 9.97 Å². The molecule has 6 aromatic rings. The Bertz CT molecular complexity index is 1850. The molecule has 10 heteroatoms. The van der Waals surface area contributed by atoms with Gasteiger partial charge in [-0.05, 0) is 40.5 Å². The molecule has 0 amide bonds. The lowest BCUT2D eigenvalue weighted by molar-refractivity contribution is -0.108. The largest absolute Gasteiger partial charge is 0.496 e. The zero-order valence-corrected chi connectivity index (χ0v) is 25.3. The van der Waals surface area contributed by atoms with E-state index in [4.69, 9.17) is 24.2 Å². The predicted octanol–water partition coefficient (Wildman–Crippen LogP) is 6.64. The maximum atomic E-state index is 5.72. The molecule has 1 N–H and O–H groups in total.